The van der Waals surface area contributed by atoms with Gasteiger partial charge in [0.1, 0.15) is 0 Å². The number of benzene rings is 2. The summed E-state index contributed by atoms with van der Waals surface area (Å²) in [7, 11) is 0. The molecule has 2 atom stereocenters. The second-order valence-corrected chi connectivity index (χ2v) is 9.06. The Kier molecular flexibility index (Phi) is 10.5. The maximum Gasteiger partial charge on any atom is 0.0208 e. The molecule has 2 aromatic rings. The summed E-state index contributed by atoms with van der Waals surface area (Å²) in [5.41, 5.74) is 3.18. The Morgan fingerprint density at radius 1 is 0.586 bits per heavy atom. The van der Waals surface area contributed by atoms with E-state index in [1.54, 1.807) is 0 Å². The predicted molar refractivity (Wildman–Crippen MR) is 130 cm³/mol. The summed E-state index contributed by atoms with van der Waals surface area (Å²) in [6, 6.07) is 22.9. The third kappa shape index (κ3) is 6.73. The van der Waals surface area contributed by atoms with Crippen LogP contribution in [0.3, 0.4) is 0 Å². The van der Waals surface area contributed by atoms with Gasteiger partial charge in [0.2, 0.25) is 0 Å². The largest absolute Gasteiger partial charge is 0.0654 e. The maximum atomic E-state index is 2.40. The summed E-state index contributed by atoms with van der Waals surface area (Å²) in [5, 5.41) is 0. The van der Waals surface area contributed by atoms with Crippen molar-refractivity contribution < 1.29 is 0 Å². The average Bonchev–Trinajstić information content (AvgIpc) is 2.79. The normalized spacial score (nSPS) is 13.9. The van der Waals surface area contributed by atoms with E-state index in [2.05, 4.69) is 88.4 Å². The number of hydrogen-bond donors (Lipinski definition) is 0. The zero-order valence-corrected chi connectivity index (χ0v) is 19.5. The summed E-state index contributed by atoms with van der Waals surface area (Å²) in [6.45, 7) is 9.45. The molecule has 2 aromatic carbocycles. The van der Waals surface area contributed by atoms with Crippen molar-refractivity contribution in [3.8, 4) is 0 Å². The van der Waals surface area contributed by atoms with E-state index in [9.17, 15) is 0 Å². The molecule has 0 bridgehead atoms. The highest BCUT2D eigenvalue weighted by molar-refractivity contribution is 5.39. The van der Waals surface area contributed by atoms with E-state index in [0.717, 1.165) is 11.8 Å². The minimum atomic E-state index is 0.130. The highest BCUT2D eigenvalue weighted by atomic mass is 14.4. The van der Waals surface area contributed by atoms with Gasteiger partial charge in [-0.25, -0.2) is 0 Å². The van der Waals surface area contributed by atoms with Crippen molar-refractivity contribution in [1.29, 1.82) is 0 Å². The van der Waals surface area contributed by atoms with Gasteiger partial charge in [0, 0.05) is 5.41 Å². The first kappa shape index (κ1) is 23.7. The Balaban J connectivity index is 2.52. The zero-order valence-electron chi connectivity index (χ0n) is 19.5. The number of unbranched alkanes of at least 4 members (excludes halogenated alkanes) is 2. The maximum absolute atomic E-state index is 2.40. The van der Waals surface area contributed by atoms with E-state index >= 15 is 0 Å². The number of hydrogen-bond acceptors (Lipinski definition) is 0. The Morgan fingerprint density at radius 2 is 0.966 bits per heavy atom. The van der Waals surface area contributed by atoms with Crippen LogP contribution in [0.15, 0.2) is 60.7 Å². The van der Waals surface area contributed by atoms with E-state index in [4.69, 9.17) is 0 Å². The van der Waals surface area contributed by atoms with Crippen LogP contribution in [-0.4, -0.2) is 0 Å². The summed E-state index contributed by atoms with van der Waals surface area (Å²) in [5.74, 6) is 1.58. The van der Waals surface area contributed by atoms with Crippen LogP contribution in [0.25, 0.3) is 0 Å². The molecule has 0 amide bonds. The van der Waals surface area contributed by atoms with Crippen LogP contribution in [0.5, 0.6) is 0 Å². The average molecular weight is 393 g/mol. The van der Waals surface area contributed by atoms with Crippen molar-refractivity contribution in [3.05, 3.63) is 71.8 Å². The van der Waals surface area contributed by atoms with Crippen molar-refractivity contribution in [3.63, 3.8) is 0 Å². The Hall–Kier alpha value is -1.56. The molecular weight excluding hydrogens is 348 g/mol. The summed E-state index contributed by atoms with van der Waals surface area (Å²) < 4.78 is 0. The molecule has 0 aliphatic rings. The SMILES string of the molecule is CCCCC(CC)CC(CC(CC)CCCC)(c1ccccc1)c1ccccc1. The molecule has 0 heterocycles. The van der Waals surface area contributed by atoms with Crippen molar-refractivity contribution in [2.24, 2.45) is 11.8 Å². The van der Waals surface area contributed by atoms with Crippen molar-refractivity contribution in [2.75, 3.05) is 0 Å². The first-order chi connectivity index (χ1) is 14.2. The molecule has 160 valence electrons. The van der Waals surface area contributed by atoms with Gasteiger partial charge in [-0.3, -0.25) is 0 Å². The molecule has 29 heavy (non-hydrogen) atoms. The molecule has 2 unspecified atom stereocenters. The molecule has 0 spiro atoms. The predicted octanol–water partition coefficient (Wildman–Crippen LogP) is 9.19. The Bertz CT molecular complexity index is 583. The van der Waals surface area contributed by atoms with Crippen LogP contribution in [0.1, 0.15) is 103 Å². The van der Waals surface area contributed by atoms with Gasteiger partial charge in [-0.15, -0.1) is 0 Å². The van der Waals surface area contributed by atoms with Crippen LogP contribution < -0.4 is 0 Å². The molecule has 0 aromatic heterocycles. The van der Waals surface area contributed by atoms with Crippen LogP contribution in [0.4, 0.5) is 0 Å². The third-order valence-corrected chi connectivity index (χ3v) is 7.01. The van der Waals surface area contributed by atoms with Crippen LogP contribution in [0.2, 0.25) is 0 Å². The molecule has 0 radical (unpaired) electrons. The van der Waals surface area contributed by atoms with Gasteiger partial charge in [0.25, 0.3) is 0 Å². The number of rotatable bonds is 14. The molecule has 0 heteroatoms. The smallest absolute Gasteiger partial charge is 0.0208 e. The molecule has 0 saturated carbocycles. The van der Waals surface area contributed by atoms with Gasteiger partial charge in [0.15, 0.2) is 0 Å². The molecule has 0 aliphatic carbocycles. The van der Waals surface area contributed by atoms with Gasteiger partial charge in [-0.2, -0.15) is 0 Å². The molecule has 0 nitrogen and oxygen atoms in total. The first-order valence-corrected chi connectivity index (χ1v) is 12.3. The van der Waals surface area contributed by atoms with Crippen molar-refractivity contribution in [1.82, 2.24) is 0 Å². The Morgan fingerprint density at radius 3 is 1.28 bits per heavy atom. The lowest BCUT2D eigenvalue weighted by Gasteiger charge is -2.41. The van der Waals surface area contributed by atoms with E-state index in [0.29, 0.717) is 0 Å². The van der Waals surface area contributed by atoms with Gasteiger partial charge in [-0.1, -0.05) is 140 Å². The molecule has 0 saturated heterocycles. The van der Waals surface area contributed by atoms with Crippen molar-refractivity contribution in [2.45, 2.75) is 97.3 Å². The van der Waals surface area contributed by atoms with Gasteiger partial charge >= 0.3 is 0 Å². The summed E-state index contributed by atoms with van der Waals surface area (Å²) >= 11 is 0. The topological polar surface area (TPSA) is 0 Å². The molecular formula is C29H44. The standard InChI is InChI=1S/C29H44/c1-5-9-17-25(7-3)23-29(27-19-13-11-14-20-27,28-21-15-12-16-22-28)24-26(8-4)18-10-6-2/h11-16,19-22,25-26H,5-10,17-18,23-24H2,1-4H3. The molecule has 0 aliphatic heterocycles. The fourth-order valence-electron chi connectivity index (χ4n) is 5.11. The van der Waals surface area contributed by atoms with E-state index in [-0.39, 0.29) is 5.41 Å². The lowest BCUT2D eigenvalue weighted by molar-refractivity contribution is 0.262. The first-order valence-electron chi connectivity index (χ1n) is 12.3. The second-order valence-electron chi connectivity index (χ2n) is 9.06. The summed E-state index contributed by atoms with van der Waals surface area (Å²) in [6.07, 6.45) is 13.2. The minimum Gasteiger partial charge on any atom is -0.0654 e. The summed E-state index contributed by atoms with van der Waals surface area (Å²) in [4.78, 5) is 0. The monoisotopic (exact) mass is 392 g/mol. The Labute approximate surface area is 181 Å². The van der Waals surface area contributed by atoms with E-state index in [1.165, 1.54) is 75.3 Å². The van der Waals surface area contributed by atoms with E-state index in [1.807, 2.05) is 0 Å². The van der Waals surface area contributed by atoms with Gasteiger partial charge in [-0.05, 0) is 35.8 Å². The highest BCUT2D eigenvalue weighted by Gasteiger charge is 2.37. The van der Waals surface area contributed by atoms with Crippen LogP contribution >= 0.6 is 0 Å². The van der Waals surface area contributed by atoms with E-state index < -0.39 is 0 Å². The van der Waals surface area contributed by atoms with Crippen molar-refractivity contribution >= 4 is 0 Å². The van der Waals surface area contributed by atoms with Crippen LogP contribution in [-0.2, 0) is 5.41 Å². The minimum absolute atomic E-state index is 0.130. The third-order valence-electron chi connectivity index (χ3n) is 7.01. The fraction of sp³-hybridized carbons (Fsp3) is 0.586. The zero-order chi connectivity index (χ0) is 21.0. The highest BCUT2D eigenvalue weighted by Crippen LogP contribution is 2.46. The second kappa shape index (κ2) is 12.9. The fourth-order valence-corrected chi connectivity index (χ4v) is 5.11. The quantitative estimate of drug-likeness (QED) is 0.300. The molecule has 0 N–H and O–H groups in total. The van der Waals surface area contributed by atoms with Gasteiger partial charge in [0.05, 0.1) is 0 Å². The lowest BCUT2D eigenvalue weighted by atomic mass is 9.63. The van der Waals surface area contributed by atoms with Crippen LogP contribution in [0, 0.1) is 11.8 Å². The molecule has 0 fully saturated rings. The lowest BCUT2D eigenvalue weighted by Crippen LogP contribution is -2.33. The van der Waals surface area contributed by atoms with Gasteiger partial charge < -0.3 is 0 Å². The molecule has 2 rings (SSSR count).